The third-order valence-electron chi connectivity index (χ3n) is 3.92. The van der Waals surface area contributed by atoms with E-state index in [4.69, 9.17) is 5.11 Å². The molecule has 2 heteroatoms. The molecule has 144 valence electrons. The normalized spacial score (nSPS) is 15.8. The molecule has 0 bridgehead atoms. The van der Waals surface area contributed by atoms with Crippen molar-refractivity contribution in [1.29, 1.82) is 0 Å². The molecule has 26 heavy (non-hydrogen) atoms. The fourth-order valence-electron chi connectivity index (χ4n) is 2.41. The Labute approximate surface area is 161 Å². The van der Waals surface area contributed by atoms with Crippen molar-refractivity contribution in [3.05, 3.63) is 84.7 Å². The van der Waals surface area contributed by atoms with Crippen LogP contribution in [-0.2, 0) is 6.42 Å². The van der Waals surface area contributed by atoms with Crippen LogP contribution in [0.1, 0.15) is 45.1 Å². The van der Waals surface area contributed by atoms with Gasteiger partial charge in [0.25, 0.3) is 0 Å². The maximum Gasteiger partial charge on any atom is 0.0894 e. The van der Waals surface area contributed by atoms with E-state index in [2.05, 4.69) is 61.8 Å². The van der Waals surface area contributed by atoms with E-state index in [1.54, 1.807) is 13.0 Å². The zero-order chi connectivity index (χ0) is 19.6. The lowest BCUT2D eigenvalue weighted by Crippen LogP contribution is -2.09. The standard InChI is InChI=1S/C11H16O.C9H13N.C4H8/c1-9(8-10(2)12)11-6-4-3-5-7-11;1-10-8-7-9-5-3-2-4-6-9;1-3-4-2/h4,6,8,11-12H,1,3,5,7H2,2H3;2-6,10H,7-8H2,1H3;3H,1,4H2,2H3/b10-8+;;. The Bertz CT molecular complexity index is 539. The van der Waals surface area contributed by atoms with Crippen molar-refractivity contribution in [3.8, 4) is 0 Å². The lowest BCUT2D eigenvalue weighted by atomic mass is 9.89. The van der Waals surface area contributed by atoms with Gasteiger partial charge in [0, 0.05) is 5.92 Å². The van der Waals surface area contributed by atoms with Gasteiger partial charge in [-0.2, -0.15) is 0 Å². The summed E-state index contributed by atoms with van der Waals surface area (Å²) in [6.07, 6.45) is 13.8. The smallest absolute Gasteiger partial charge is 0.0894 e. The molecule has 1 unspecified atom stereocenters. The van der Waals surface area contributed by atoms with Crippen LogP contribution in [-0.4, -0.2) is 18.7 Å². The molecule has 0 radical (unpaired) electrons. The summed E-state index contributed by atoms with van der Waals surface area (Å²) in [6, 6.07) is 10.5. The third-order valence-corrected chi connectivity index (χ3v) is 3.92. The molecule has 1 aromatic carbocycles. The first kappa shape index (κ1) is 23.9. The Kier molecular flexibility index (Phi) is 15.1. The Balaban J connectivity index is 0.000000405. The van der Waals surface area contributed by atoms with Gasteiger partial charge in [-0.05, 0) is 69.8 Å². The molecule has 0 amide bonds. The molecule has 2 N–H and O–H groups in total. The molecular weight excluding hydrogens is 318 g/mol. The van der Waals surface area contributed by atoms with Gasteiger partial charge in [0.05, 0.1) is 5.76 Å². The van der Waals surface area contributed by atoms with Crippen LogP contribution < -0.4 is 5.32 Å². The zero-order valence-corrected chi connectivity index (χ0v) is 16.9. The second-order valence-electron chi connectivity index (χ2n) is 6.36. The van der Waals surface area contributed by atoms with Gasteiger partial charge >= 0.3 is 0 Å². The molecule has 1 atom stereocenters. The second kappa shape index (κ2) is 16.4. The van der Waals surface area contributed by atoms with E-state index >= 15 is 0 Å². The molecule has 2 rings (SSSR count). The Morgan fingerprint density at radius 2 is 1.96 bits per heavy atom. The summed E-state index contributed by atoms with van der Waals surface area (Å²) >= 11 is 0. The summed E-state index contributed by atoms with van der Waals surface area (Å²) in [5.41, 5.74) is 2.42. The topological polar surface area (TPSA) is 32.3 Å². The summed E-state index contributed by atoms with van der Waals surface area (Å²) in [5, 5.41) is 12.1. The van der Waals surface area contributed by atoms with E-state index in [1.165, 1.54) is 24.8 Å². The average Bonchev–Trinajstić information content (AvgIpc) is 2.68. The van der Waals surface area contributed by atoms with E-state index in [9.17, 15) is 0 Å². The summed E-state index contributed by atoms with van der Waals surface area (Å²) in [5.74, 6) is 0.792. The van der Waals surface area contributed by atoms with Crippen LogP contribution in [0, 0.1) is 5.92 Å². The van der Waals surface area contributed by atoms with Gasteiger partial charge in [0.2, 0.25) is 0 Å². The fourth-order valence-corrected chi connectivity index (χ4v) is 2.41. The van der Waals surface area contributed by atoms with Gasteiger partial charge in [-0.3, -0.25) is 0 Å². The number of aliphatic hydroxyl groups is 1. The summed E-state index contributed by atoms with van der Waals surface area (Å²) < 4.78 is 0. The van der Waals surface area contributed by atoms with Gasteiger partial charge in [-0.15, -0.1) is 6.58 Å². The van der Waals surface area contributed by atoms with Crippen molar-refractivity contribution in [2.24, 2.45) is 5.92 Å². The van der Waals surface area contributed by atoms with Crippen LogP contribution in [0.5, 0.6) is 0 Å². The first-order valence-corrected chi connectivity index (χ1v) is 9.57. The van der Waals surface area contributed by atoms with Crippen molar-refractivity contribution < 1.29 is 5.11 Å². The van der Waals surface area contributed by atoms with Crippen LogP contribution in [0.3, 0.4) is 0 Å². The molecule has 0 saturated heterocycles. The highest BCUT2D eigenvalue weighted by molar-refractivity contribution is 5.24. The molecule has 1 aromatic rings. The summed E-state index contributed by atoms with van der Waals surface area (Å²) in [7, 11) is 1.98. The monoisotopic (exact) mass is 355 g/mol. The minimum absolute atomic E-state index is 0.346. The van der Waals surface area contributed by atoms with Crippen molar-refractivity contribution in [1.82, 2.24) is 5.32 Å². The number of rotatable bonds is 6. The van der Waals surface area contributed by atoms with Crippen molar-refractivity contribution in [3.63, 3.8) is 0 Å². The predicted octanol–water partition coefficient (Wildman–Crippen LogP) is 6.39. The Hall–Kier alpha value is -2.06. The zero-order valence-electron chi connectivity index (χ0n) is 16.9. The first-order valence-electron chi connectivity index (χ1n) is 9.57. The minimum atomic E-state index is 0.346. The molecule has 0 aliphatic heterocycles. The molecule has 0 aromatic heterocycles. The molecule has 0 saturated carbocycles. The summed E-state index contributed by atoms with van der Waals surface area (Å²) in [6.45, 7) is 12.2. The van der Waals surface area contributed by atoms with Crippen molar-refractivity contribution in [2.75, 3.05) is 13.6 Å². The maximum absolute atomic E-state index is 9.03. The molecular formula is C24H37NO. The molecule has 2 nitrogen and oxygen atoms in total. The number of benzene rings is 1. The van der Waals surface area contributed by atoms with E-state index in [0.717, 1.165) is 25.0 Å². The SMILES string of the molecule is C=C(/C=C(\C)O)C1C=CCCC1.C=CCC.CNCCc1ccccc1. The van der Waals surface area contributed by atoms with Crippen molar-refractivity contribution >= 4 is 0 Å². The fraction of sp³-hybridized carbons (Fsp3) is 0.417. The lowest BCUT2D eigenvalue weighted by Gasteiger charge is -2.16. The molecule has 1 aliphatic carbocycles. The van der Waals surface area contributed by atoms with Crippen LogP contribution in [0.25, 0.3) is 0 Å². The van der Waals surface area contributed by atoms with E-state index < -0.39 is 0 Å². The lowest BCUT2D eigenvalue weighted by molar-refractivity contribution is 0.412. The van der Waals surface area contributed by atoms with Crippen molar-refractivity contribution in [2.45, 2.75) is 46.0 Å². The van der Waals surface area contributed by atoms with Crippen LogP contribution in [0.4, 0.5) is 0 Å². The number of allylic oxidation sites excluding steroid dienone is 6. The largest absolute Gasteiger partial charge is 0.513 e. The number of aliphatic hydroxyl groups excluding tert-OH is 1. The van der Waals surface area contributed by atoms with Crippen LogP contribution in [0.15, 0.2) is 79.1 Å². The van der Waals surface area contributed by atoms with Gasteiger partial charge in [-0.1, -0.05) is 62.1 Å². The Morgan fingerprint density at radius 1 is 1.31 bits per heavy atom. The van der Waals surface area contributed by atoms with Gasteiger partial charge in [0.15, 0.2) is 0 Å². The second-order valence-corrected chi connectivity index (χ2v) is 6.36. The highest BCUT2D eigenvalue weighted by atomic mass is 16.3. The highest BCUT2D eigenvalue weighted by Crippen LogP contribution is 2.24. The number of likely N-dealkylation sites (N-methyl/N-ethyl adjacent to an activating group) is 1. The first-order chi connectivity index (χ1) is 12.5. The third kappa shape index (κ3) is 13.3. The van der Waals surface area contributed by atoms with Gasteiger partial charge < -0.3 is 10.4 Å². The maximum atomic E-state index is 9.03. The van der Waals surface area contributed by atoms with E-state index in [0.29, 0.717) is 11.7 Å². The van der Waals surface area contributed by atoms with Gasteiger partial charge in [0.1, 0.15) is 0 Å². The number of hydrogen-bond donors (Lipinski definition) is 2. The average molecular weight is 356 g/mol. The quantitative estimate of drug-likeness (QED) is 0.352. The summed E-state index contributed by atoms with van der Waals surface area (Å²) in [4.78, 5) is 0. The molecule has 1 aliphatic rings. The van der Waals surface area contributed by atoms with E-state index in [1.807, 2.05) is 19.2 Å². The predicted molar refractivity (Wildman–Crippen MR) is 117 cm³/mol. The number of nitrogens with one attached hydrogen (secondary N) is 1. The van der Waals surface area contributed by atoms with Crippen LogP contribution in [0.2, 0.25) is 0 Å². The molecule has 0 fully saturated rings. The number of hydrogen-bond acceptors (Lipinski definition) is 2. The highest BCUT2D eigenvalue weighted by Gasteiger charge is 2.09. The van der Waals surface area contributed by atoms with Crippen LogP contribution >= 0.6 is 0 Å². The van der Waals surface area contributed by atoms with E-state index in [-0.39, 0.29) is 0 Å². The minimum Gasteiger partial charge on any atom is -0.513 e. The van der Waals surface area contributed by atoms with Gasteiger partial charge in [-0.25, -0.2) is 0 Å². The molecule has 0 heterocycles. The Morgan fingerprint density at radius 3 is 2.42 bits per heavy atom. The molecule has 0 spiro atoms.